The fraction of sp³-hybridized carbons (Fsp3) is 0.0833. The van der Waals surface area contributed by atoms with E-state index in [9.17, 15) is 13.2 Å². The van der Waals surface area contributed by atoms with Crippen molar-refractivity contribution in [3.05, 3.63) is 48.7 Å². The van der Waals surface area contributed by atoms with Crippen molar-refractivity contribution in [3.63, 3.8) is 0 Å². The third kappa shape index (κ3) is 3.38. The molecule has 0 aliphatic heterocycles. The van der Waals surface area contributed by atoms with Gasteiger partial charge in [0.15, 0.2) is 5.75 Å². The molecule has 0 amide bonds. The summed E-state index contributed by atoms with van der Waals surface area (Å²) in [5, 5.41) is 0. The van der Waals surface area contributed by atoms with Gasteiger partial charge in [-0.15, -0.1) is 13.2 Å². The van der Waals surface area contributed by atoms with Crippen molar-refractivity contribution in [2.45, 2.75) is 6.36 Å². The van der Waals surface area contributed by atoms with Gasteiger partial charge in [-0.25, -0.2) is 4.98 Å². The summed E-state index contributed by atoms with van der Waals surface area (Å²) in [4.78, 5) is 3.49. The second kappa shape index (κ2) is 4.95. The average molecular weight is 255 g/mol. The van der Waals surface area contributed by atoms with Gasteiger partial charge in [-0.3, -0.25) is 0 Å². The maximum atomic E-state index is 12.1. The van der Waals surface area contributed by atoms with Crippen LogP contribution in [0.3, 0.4) is 0 Å². The number of benzene rings is 1. The summed E-state index contributed by atoms with van der Waals surface area (Å²) in [5.74, 6) is -0.313. The molecular weight excluding hydrogens is 247 g/mol. The predicted molar refractivity (Wildman–Crippen MR) is 57.4 cm³/mol. The second-order valence-corrected chi connectivity index (χ2v) is 3.27. The lowest BCUT2D eigenvalue weighted by molar-refractivity contribution is -0.276. The lowest BCUT2D eigenvalue weighted by Crippen LogP contribution is -2.18. The SMILES string of the molecule is FC(F)(F)Oc1ncccc1Oc1ccccc1. The number of hydrogen-bond acceptors (Lipinski definition) is 3. The maximum Gasteiger partial charge on any atom is 0.574 e. The molecule has 94 valence electrons. The van der Waals surface area contributed by atoms with Gasteiger partial charge in [-0.1, -0.05) is 18.2 Å². The van der Waals surface area contributed by atoms with Crippen LogP contribution in [0.1, 0.15) is 0 Å². The number of pyridine rings is 1. The molecule has 0 unspecified atom stereocenters. The third-order valence-electron chi connectivity index (χ3n) is 1.92. The summed E-state index contributed by atoms with van der Waals surface area (Å²) in [5.41, 5.74) is 0. The van der Waals surface area contributed by atoms with Gasteiger partial charge >= 0.3 is 6.36 Å². The number of hydrogen-bond donors (Lipinski definition) is 0. The zero-order valence-corrected chi connectivity index (χ0v) is 9.02. The summed E-state index contributed by atoms with van der Waals surface area (Å²) >= 11 is 0. The fourth-order valence-corrected chi connectivity index (χ4v) is 1.26. The Balaban J connectivity index is 2.23. The molecule has 0 saturated heterocycles. The Labute approximate surface area is 101 Å². The van der Waals surface area contributed by atoms with Crippen LogP contribution in [0.2, 0.25) is 0 Å². The number of para-hydroxylation sites is 1. The molecule has 0 aliphatic rings. The topological polar surface area (TPSA) is 31.4 Å². The number of ether oxygens (including phenoxy) is 2. The summed E-state index contributed by atoms with van der Waals surface area (Å²) in [6, 6.07) is 11.2. The standard InChI is InChI=1S/C12H8F3NO2/c13-12(14,15)18-11-10(7-4-8-16-11)17-9-5-2-1-3-6-9/h1-8H. The van der Waals surface area contributed by atoms with E-state index in [1.54, 1.807) is 30.3 Å². The summed E-state index contributed by atoms with van der Waals surface area (Å²) in [6.07, 6.45) is -3.61. The lowest BCUT2D eigenvalue weighted by atomic mass is 10.3. The van der Waals surface area contributed by atoms with Crippen molar-refractivity contribution in [3.8, 4) is 17.4 Å². The quantitative estimate of drug-likeness (QED) is 0.836. The van der Waals surface area contributed by atoms with E-state index in [0.717, 1.165) is 0 Å². The molecule has 0 radical (unpaired) electrons. The highest BCUT2D eigenvalue weighted by atomic mass is 19.4. The Kier molecular flexibility index (Phi) is 3.36. The number of aromatic nitrogens is 1. The molecule has 1 heterocycles. The average Bonchev–Trinajstić information content (AvgIpc) is 2.31. The Morgan fingerprint density at radius 2 is 1.67 bits per heavy atom. The van der Waals surface area contributed by atoms with Gasteiger partial charge in [0, 0.05) is 6.20 Å². The Bertz CT molecular complexity index is 514. The van der Waals surface area contributed by atoms with E-state index in [1.807, 2.05) is 0 Å². The fourth-order valence-electron chi connectivity index (χ4n) is 1.26. The smallest absolute Gasteiger partial charge is 0.452 e. The van der Waals surface area contributed by atoms with E-state index in [1.165, 1.54) is 18.3 Å². The van der Waals surface area contributed by atoms with Crippen LogP contribution in [-0.2, 0) is 0 Å². The molecule has 0 bridgehead atoms. The number of alkyl halides is 3. The van der Waals surface area contributed by atoms with Gasteiger partial charge in [0.2, 0.25) is 0 Å². The first-order valence-corrected chi connectivity index (χ1v) is 4.98. The van der Waals surface area contributed by atoms with Crippen LogP contribution in [0.15, 0.2) is 48.7 Å². The van der Waals surface area contributed by atoms with E-state index in [4.69, 9.17) is 4.74 Å². The molecule has 0 aliphatic carbocycles. The number of nitrogens with zero attached hydrogens (tertiary/aromatic N) is 1. The van der Waals surface area contributed by atoms with Crippen molar-refractivity contribution in [1.82, 2.24) is 4.98 Å². The summed E-state index contributed by atoms with van der Waals surface area (Å²) in [6.45, 7) is 0. The van der Waals surface area contributed by atoms with Crippen LogP contribution < -0.4 is 9.47 Å². The molecule has 2 aromatic rings. The molecule has 0 saturated carbocycles. The van der Waals surface area contributed by atoms with Crippen LogP contribution in [0.5, 0.6) is 17.4 Å². The van der Waals surface area contributed by atoms with Crippen molar-refractivity contribution >= 4 is 0 Å². The van der Waals surface area contributed by atoms with E-state index in [2.05, 4.69) is 9.72 Å². The van der Waals surface area contributed by atoms with Crippen molar-refractivity contribution in [2.75, 3.05) is 0 Å². The van der Waals surface area contributed by atoms with Gasteiger partial charge in [0.25, 0.3) is 5.88 Å². The predicted octanol–water partition coefficient (Wildman–Crippen LogP) is 3.77. The molecule has 0 spiro atoms. The van der Waals surface area contributed by atoms with Crippen LogP contribution in [0.25, 0.3) is 0 Å². The second-order valence-electron chi connectivity index (χ2n) is 3.27. The normalized spacial score (nSPS) is 11.1. The molecule has 0 fully saturated rings. The first kappa shape index (κ1) is 12.2. The summed E-state index contributed by atoms with van der Waals surface area (Å²) < 4.78 is 45.5. The minimum Gasteiger partial charge on any atom is -0.452 e. The first-order valence-electron chi connectivity index (χ1n) is 4.98. The van der Waals surface area contributed by atoms with Crippen LogP contribution in [0, 0.1) is 0 Å². The van der Waals surface area contributed by atoms with Crippen LogP contribution in [-0.4, -0.2) is 11.3 Å². The van der Waals surface area contributed by atoms with Gasteiger partial charge in [-0.05, 0) is 24.3 Å². The molecule has 1 aromatic carbocycles. The Hall–Kier alpha value is -2.24. The Morgan fingerprint density at radius 3 is 2.33 bits per heavy atom. The van der Waals surface area contributed by atoms with Crippen molar-refractivity contribution < 1.29 is 22.6 Å². The molecule has 18 heavy (non-hydrogen) atoms. The third-order valence-corrected chi connectivity index (χ3v) is 1.92. The molecule has 3 nitrogen and oxygen atoms in total. The molecule has 6 heteroatoms. The minimum atomic E-state index is -4.80. The largest absolute Gasteiger partial charge is 0.574 e. The van der Waals surface area contributed by atoms with E-state index >= 15 is 0 Å². The van der Waals surface area contributed by atoms with Crippen molar-refractivity contribution in [1.29, 1.82) is 0 Å². The molecule has 0 N–H and O–H groups in total. The van der Waals surface area contributed by atoms with Crippen LogP contribution in [0.4, 0.5) is 13.2 Å². The Morgan fingerprint density at radius 1 is 0.944 bits per heavy atom. The molecule has 1 aromatic heterocycles. The van der Waals surface area contributed by atoms with Gasteiger partial charge in [0.05, 0.1) is 0 Å². The minimum absolute atomic E-state index is 0.0963. The molecule has 0 atom stereocenters. The summed E-state index contributed by atoms with van der Waals surface area (Å²) in [7, 11) is 0. The number of rotatable bonds is 3. The van der Waals surface area contributed by atoms with Crippen LogP contribution >= 0.6 is 0 Å². The zero-order chi connectivity index (χ0) is 13.0. The highest BCUT2D eigenvalue weighted by Crippen LogP contribution is 2.32. The van der Waals surface area contributed by atoms with Gasteiger partial charge in [0.1, 0.15) is 5.75 Å². The van der Waals surface area contributed by atoms with Crippen molar-refractivity contribution in [2.24, 2.45) is 0 Å². The van der Waals surface area contributed by atoms with Gasteiger partial charge in [-0.2, -0.15) is 0 Å². The number of halogens is 3. The highest BCUT2D eigenvalue weighted by molar-refractivity contribution is 5.37. The van der Waals surface area contributed by atoms with E-state index < -0.39 is 12.2 Å². The van der Waals surface area contributed by atoms with E-state index in [0.29, 0.717) is 5.75 Å². The highest BCUT2D eigenvalue weighted by Gasteiger charge is 2.33. The lowest BCUT2D eigenvalue weighted by Gasteiger charge is -2.12. The zero-order valence-electron chi connectivity index (χ0n) is 9.02. The molecule has 2 rings (SSSR count). The van der Waals surface area contributed by atoms with Gasteiger partial charge < -0.3 is 9.47 Å². The maximum absolute atomic E-state index is 12.1. The molecular formula is C12H8F3NO2. The first-order chi connectivity index (χ1) is 8.54. The monoisotopic (exact) mass is 255 g/mol. The van der Waals surface area contributed by atoms with E-state index in [-0.39, 0.29) is 5.75 Å².